The van der Waals surface area contributed by atoms with Gasteiger partial charge in [0.15, 0.2) is 11.5 Å². The Morgan fingerprint density at radius 2 is 2.15 bits per heavy atom. The summed E-state index contributed by atoms with van der Waals surface area (Å²) in [6.07, 6.45) is 3.21. The summed E-state index contributed by atoms with van der Waals surface area (Å²) in [6, 6.07) is 8.31. The zero-order valence-electron chi connectivity index (χ0n) is 10.3. The molecule has 3 heterocycles. The van der Waals surface area contributed by atoms with E-state index in [4.69, 9.17) is 4.74 Å². The molecule has 0 radical (unpaired) electrons. The zero-order chi connectivity index (χ0) is 13.9. The smallest absolute Gasteiger partial charge is 0.352 e. The standard InChI is InChI=1S/C13H10N4O3/c18-13(19)10-4-1-5-11-15-16-12(17(10)11)8-20-9-3-2-6-14-7-9/h1-7H,8H2,(H,18,19). The molecule has 3 rings (SSSR count). The molecule has 7 nitrogen and oxygen atoms in total. The lowest BCUT2D eigenvalue weighted by atomic mass is 10.3. The Morgan fingerprint density at radius 1 is 1.25 bits per heavy atom. The molecule has 3 aromatic rings. The monoisotopic (exact) mass is 270 g/mol. The molecule has 0 bridgehead atoms. The van der Waals surface area contributed by atoms with E-state index >= 15 is 0 Å². The molecule has 0 aliphatic carbocycles. The van der Waals surface area contributed by atoms with Gasteiger partial charge in [-0.3, -0.25) is 9.38 Å². The first-order valence-electron chi connectivity index (χ1n) is 5.85. The predicted octanol–water partition coefficient (Wildman–Crippen LogP) is 1.40. The number of rotatable bonds is 4. The SMILES string of the molecule is O=C(O)c1cccc2nnc(COc3cccnc3)n12. The fourth-order valence-corrected chi connectivity index (χ4v) is 1.84. The highest BCUT2D eigenvalue weighted by atomic mass is 16.5. The quantitative estimate of drug-likeness (QED) is 0.770. The van der Waals surface area contributed by atoms with Gasteiger partial charge in [-0.15, -0.1) is 10.2 Å². The molecule has 1 N–H and O–H groups in total. The third-order valence-corrected chi connectivity index (χ3v) is 2.72. The van der Waals surface area contributed by atoms with E-state index in [2.05, 4.69) is 15.2 Å². The first-order chi connectivity index (χ1) is 9.75. The molecule has 0 amide bonds. The summed E-state index contributed by atoms with van der Waals surface area (Å²) >= 11 is 0. The van der Waals surface area contributed by atoms with E-state index in [0.717, 1.165) is 0 Å². The molecule has 0 fully saturated rings. The third kappa shape index (κ3) is 2.16. The molecule has 0 aliphatic rings. The Labute approximate surface area is 113 Å². The van der Waals surface area contributed by atoms with Crippen LogP contribution >= 0.6 is 0 Å². The maximum Gasteiger partial charge on any atom is 0.352 e. The molecule has 20 heavy (non-hydrogen) atoms. The maximum absolute atomic E-state index is 11.2. The minimum atomic E-state index is -1.04. The van der Waals surface area contributed by atoms with Gasteiger partial charge in [0, 0.05) is 6.20 Å². The predicted molar refractivity (Wildman–Crippen MR) is 68.5 cm³/mol. The number of ether oxygens (including phenoxy) is 1. The summed E-state index contributed by atoms with van der Waals surface area (Å²) in [5, 5.41) is 17.1. The highest BCUT2D eigenvalue weighted by Gasteiger charge is 2.14. The second-order valence-electron chi connectivity index (χ2n) is 4.00. The van der Waals surface area contributed by atoms with Gasteiger partial charge in [-0.2, -0.15) is 0 Å². The van der Waals surface area contributed by atoms with Crippen LogP contribution in [0.25, 0.3) is 5.65 Å². The number of aromatic carboxylic acids is 1. The maximum atomic E-state index is 11.2. The fraction of sp³-hybridized carbons (Fsp3) is 0.0769. The van der Waals surface area contributed by atoms with Crippen LogP contribution in [0.4, 0.5) is 0 Å². The van der Waals surface area contributed by atoms with Crippen LogP contribution in [0, 0.1) is 0 Å². The normalized spacial score (nSPS) is 10.6. The van der Waals surface area contributed by atoms with Crippen molar-refractivity contribution in [3.8, 4) is 5.75 Å². The topological polar surface area (TPSA) is 89.6 Å². The Hall–Kier alpha value is -2.96. The number of carboxylic acids is 1. The van der Waals surface area contributed by atoms with Gasteiger partial charge < -0.3 is 9.84 Å². The molecule has 0 spiro atoms. The van der Waals surface area contributed by atoms with Gasteiger partial charge in [-0.1, -0.05) is 6.07 Å². The highest BCUT2D eigenvalue weighted by Crippen LogP contribution is 2.12. The van der Waals surface area contributed by atoms with Crippen molar-refractivity contribution in [3.63, 3.8) is 0 Å². The Kier molecular flexibility index (Phi) is 3.00. The number of pyridine rings is 2. The van der Waals surface area contributed by atoms with Crippen molar-refractivity contribution in [2.24, 2.45) is 0 Å². The lowest BCUT2D eigenvalue weighted by Crippen LogP contribution is -2.09. The zero-order valence-corrected chi connectivity index (χ0v) is 10.3. The highest BCUT2D eigenvalue weighted by molar-refractivity contribution is 5.86. The van der Waals surface area contributed by atoms with Gasteiger partial charge in [0.1, 0.15) is 18.1 Å². The average Bonchev–Trinajstić information content (AvgIpc) is 2.89. The summed E-state index contributed by atoms with van der Waals surface area (Å²) in [5.74, 6) is -0.0445. The Bertz CT molecular complexity index is 755. The number of carboxylic acid groups (broad SMARTS) is 1. The molecule has 0 aromatic carbocycles. The summed E-state index contributed by atoms with van der Waals surface area (Å²) in [4.78, 5) is 15.1. The first-order valence-corrected chi connectivity index (χ1v) is 5.85. The van der Waals surface area contributed by atoms with Crippen LogP contribution in [-0.4, -0.2) is 30.7 Å². The molecular weight excluding hydrogens is 260 g/mol. The van der Waals surface area contributed by atoms with Crippen LogP contribution in [0.2, 0.25) is 0 Å². The van der Waals surface area contributed by atoms with Crippen molar-refractivity contribution >= 4 is 11.6 Å². The van der Waals surface area contributed by atoms with E-state index < -0.39 is 5.97 Å². The molecule has 7 heteroatoms. The van der Waals surface area contributed by atoms with E-state index in [1.165, 1.54) is 10.5 Å². The van der Waals surface area contributed by atoms with E-state index in [0.29, 0.717) is 17.2 Å². The van der Waals surface area contributed by atoms with Crippen LogP contribution in [0.3, 0.4) is 0 Å². The largest absolute Gasteiger partial charge is 0.484 e. The van der Waals surface area contributed by atoms with Crippen LogP contribution in [0.1, 0.15) is 16.3 Å². The van der Waals surface area contributed by atoms with Gasteiger partial charge in [-0.05, 0) is 24.3 Å². The molecule has 3 aromatic heterocycles. The molecular formula is C13H10N4O3. The summed E-state index contributed by atoms with van der Waals surface area (Å²) in [7, 11) is 0. The first kappa shape index (κ1) is 12.1. The van der Waals surface area contributed by atoms with Crippen LogP contribution < -0.4 is 4.74 Å². The van der Waals surface area contributed by atoms with E-state index in [9.17, 15) is 9.90 Å². The van der Waals surface area contributed by atoms with E-state index in [1.807, 2.05) is 0 Å². The second-order valence-corrected chi connectivity index (χ2v) is 4.00. The molecule has 0 unspecified atom stereocenters. The number of nitrogens with zero attached hydrogens (tertiary/aromatic N) is 4. The summed E-state index contributed by atoms with van der Waals surface area (Å²) in [6.45, 7) is 0.108. The minimum Gasteiger partial charge on any atom is -0.484 e. The number of hydrogen-bond donors (Lipinski definition) is 1. The Morgan fingerprint density at radius 3 is 2.90 bits per heavy atom. The van der Waals surface area contributed by atoms with Crippen molar-refractivity contribution in [2.45, 2.75) is 6.61 Å². The third-order valence-electron chi connectivity index (χ3n) is 2.72. The molecule has 0 saturated heterocycles. The van der Waals surface area contributed by atoms with Crippen LogP contribution in [0.15, 0.2) is 42.7 Å². The van der Waals surface area contributed by atoms with Crippen molar-refractivity contribution < 1.29 is 14.6 Å². The lowest BCUT2D eigenvalue weighted by Gasteiger charge is -2.06. The second kappa shape index (κ2) is 4.96. The van der Waals surface area contributed by atoms with Crippen molar-refractivity contribution in [1.82, 2.24) is 19.6 Å². The van der Waals surface area contributed by atoms with Gasteiger partial charge in [0.2, 0.25) is 0 Å². The Balaban J connectivity index is 1.94. The van der Waals surface area contributed by atoms with Crippen molar-refractivity contribution in [1.29, 1.82) is 0 Å². The van der Waals surface area contributed by atoms with Gasteiger partial charge in [-0.25, -0.2) is 4.79 Å². The number of fused-ring (bicyclic) bond motifs is 1. The van der Waals surface area contributed by atoms with Gasteiger partial charge >= 0.3 is 5.97 Å². The average molecular weight is 270 g/mol. The molecule has 0 saturated carbocycles. The van der Waals surface area contributed by atoms with Gasteiger partial charge in [0.05, 0.1) is 6.20 Å². The molecule has 0 aliphatic heterocycles. The fourth-order valence-electron chi connectivity index (χ4n) is 1.84. The lowest BCUT2D eigenvalue weighted by molar-refractivity contribution is 0.0688. The van der Waals surface area contributed by atoms with Crippen LogP contribution in [-0.2, 0) is 6.61 Å². The number of hydrogen-bond acceptors (Lipinski definition) is 5. The summed E-state index contributed by atoms with van der Waals surface area (Å²) in [5.41, 5.74) is 0.562. The van der Waals surface area contributed by atoms with Crippen molar-refractivity contribution in [3.05, 3.63) is 54.2 Å². The van der Waals surface area contributed by atoms with Gasteiger partial charge in [0.25, 0.3) is 0 Å². The van der Waals surface area contributed by atoms with E-state index in [-0.39, 0.29) is 12.3 Å². The summed E-state index contributed by atoms with van der Waals surface area (Å²) < 4.78 is 6.97. The molecule has 0 atom stereocenters. The number of aromatic nitrogens is 4. The van der Waals surface area contributed by atoms with Crippen molar-refractivity contribution in [2.75, 3.05) is 0 Å². The minimum absolute atomic E-state index is 0.0947. The number of carbonyl (C=O) groups is 1. The molecule has 100 valence electrons. The van der Waals surface area contributed by atoms with Crippen LogP contribution in [0.5, 0.6) is 5.75 Å². The van der Waals surface area contributed by atoms with E-state index in [1.54, 1.807) is 36.7 Å².